The molecule has 1 fully saturated rings. The first-order valence-corrected chi connectivity index (χ1v) is 15.6. The number of amides is 1. The second kappa shape index (κ2) is 14.5. The van der Waals surface area contributed by atoms with Crippen molar-refractivity contribution >= 4 is 21.8 Å². The van der Waals surface area contributed by atoms with E-state index >= 15 is 0 Å². The fourth-order valence-electron chi connectivity index (χ4n) is 4.98. The van der Waals surface area contributed by atoms with E-state index in [0.29, 0.717) is 11.6 Å². The summed E-state index contributed by atoms with van der Waals surface area (Å²) in [6, 6.07) is 16.7. The Morgan fingerprint density at radius 2 is 1.68 bits per heavy atom. The third-order valence-corrected chi connectivity index (χ3v) is 9.08. The zero-order valence-corrected chi connectivity index (χ0v) is 25.2. The summed E-state index contributed by atoms with van der Waals surface area (Å²) in [4.78, 5) is 13.5. The van der Waals surface area contributed by atoms with Crippen LogP contribution < -0.4 is 10.2 Å². The molecule has 0 aromatic heterocycles. The summed E-state index contributed by atoms with van der Waals surface area (Å²) in [5.74, 6) is -1.87. The van der Waals surface area contributed by atoms with E-state index in [9.17, 15) is 37.3 Å². The molecule has 0 aliphatic carbocycles. The number of nitrogens with zero attached hydrogens (tertiary/aromatic N) is 2. The molecule has 10 nitrogen and oxygen atoms in total. The van der Waals surface area contributed by atoms with Crippen LogP contribution in [0.25, 0.3) is 0 Å². The van der Waals surface area contributed by atoms with Gasteiger partial charge in [0, 0.05) is 25.2 Å². The van der Waals surface area contributed by atoms with Gasteiger partial charge in [0.1, 0.15) is 17.9 Å². The number of hydrogen-bond acceptors (Lipinski definition) is 8. The molecule has 44 heavy (non-hydrogen) atoms. The van der Waals surface area contributed by atoms with Crippen LogP contribution in [0.1, 0.15) is 25.0 Å². The lowest BCUT2D eigenvalue weighted by atomic mass is 10.00. The molecule has 4 rings (SSSR count). The van der Waals surface area contributed by atoms with Gasteiger partial charge in [-0.1, -0.05) is 56.3 Å². The van der Waals surface area contributed by atoms with Crippen molar-refractivity contribution in [3.05, 3.63) is 95.6 Å². The van der Waals surface area contributed by atoms with Crippen LogP contribution in [0.3, 0.4) is 0 Å². The lowest BCUT2D eigenvalue weighted by Crippen LogP contribution is -2.55. The number of sulfonamides is 1. The number of aliphatic hydroxyl groups is 3. The monoisotopic (exact) mass is 633 g/mol. The normalized spacial score (nSPS) is 17.6. The Morgan fingerprint density at radius 3 is 2.30 bits per heavy atom. The van der Waals surface area contributed by atoms with E-state index in [1.165, 1.54) is 28.6 Å². The number of benzene rings is 3. The maximum Gasteiger partial charge on any atom is 0.414 e. The largest absolute Gasteiger partial charge is 0.440 e. The molecular weight excluding hydrogens is 596 g/mol. The second-order valence-corrected chi connectivity index (χ2v) is 13.1. The zero-order valence-electron chi connectivity index (χ0n) is 24.4. The summed E-state index contributed by atoms with van der Waals surface area (Å²) in [7, 11) is -4.06. The Morgan fingerprint density at radius 1 is 1.00 bits per heavy atom. The summed E-state index contributed by atoms with van der Waals surface area (Å²) in [5.41, 5.74) is 1.12. The number of anilines is 1. The summed E-state index contributed by atoms with van der Waals surface area (Å²) in [5, 5.41) is 34.8. The number of rotatable bonds is 14. The van der Waals surface area contributed by atoms with Gasteiger partial charge in [-0.15, -0.1) is 0 Å². The highest BCUT2D eigenvalue weighted by Gasteiger charge is 2.40. The highest BCUT2D eigenvalue weighted by molar-refractivity contribution is 7.89. The molecule has 1 unspecified atom stereocenters. The second-order valence-electron chi connectivity index (χ2n) is 11.1. The van der Waals surface area contributed by atoms with Gasteiger partial charge in [-0.3, -0.25) is 10.2 Å². The fraction of sp³-hybridized carbons (Fsp3) is 0.387. The van der Waals surface area contributed by atoms with Crippen molar-refractivity contribution in [2.45, 2.75) is 56.2 Å². The Labute approximate surface area is 255 Å². The molecule has 1 aliphatic heterocycles. The first-order valence-electron chi connectivity index (χ1n) is 14.2. The minimum Gasteiger partial charge on any atom is -0.440 e. The Kier molecular flexibility index (Phi) is 11.1. The zero-order chi connectivity index (χ0) is 32.0. The summed E-state index contributed by atoms with van der Waals surface area (Å²) >= 11 is 0. The number of carbonyl (C=O) groups is 1. The van der Waals surface area contributed by atoms with E-state index in [1.54, 1.807) is 12.1 Å². The molecule has 3 aromatic carbocycles. The fourth-order valence-corrected chi connectivity index (χ4v) is 6.60. The van der Waals surface area contributed by atoms with Gasteiger partial charge in [0.05, 0.1) is 29.8 Å². The van der Waals surface area contributed by atoms with E-state index < -0.39 is 52.2 Å². The van der Waals surface area contributed by atoms with Gasteiger partial charge in [0.2, 0.25) is 10.0 Å². The number of aliphatic hydroxyl groups excluding tert-OH is 3. The Bertz CT molecular complexity index is 1510. The van der Waals surface area contributed by atoms with Gasteiger partial charge in [-0.25, -0.2) is 22.0 Å². The molecule has 1 aliphatic rings. The van der Waals surface area contributed by atoms with Gasteiger partial charge in [-0.05, 0) is 47.7 Å². The standard InChI is InChI=1S/C31H37F2N3O7S/c1-20(2)16-35(44(41,42)24-11-8-22(19-37)9-12-24)17-28(38)26(14-21-6-4-3-5-7-21)34-30(39)29-18-36(31(40)43-29)27-13-10-23(32)15-25(27)33/h3-13,15,20,26,28-30,34,37-39H,14,16-19H2,1-2H3/t26-,28+,29-,30?/m0/s1. The number of halogens is 2. The van der Waals surface area contributed by atoms with Crippen molar-refractivity contribution < 1.29 is 42.0 Å². The van der Waals surface area contributed by atoms with Crippen molar-refractivity contribution in [1.82, 2.24) is 9.62 Å². The van der Waals surface area contributed by atoms with Crippen molar-refractivity contribution in [3.8, 4) is 0 Å². The van der Waals surface area contributed by atoms with E-state index in [1.807, 2.05) is 32.0 Å². The Balaban J connectivity index is 1.55. The molecule has 0 saturated carbocycles. The number of nitrogens with one attached hydrogen (secondary N) is 1. The average Bonchev–Trinajstić information content (AvgIpc) is 3.38. The van der Waals surface area contributed by atoms with Gasteiger partial charge in [0.25, 0.3) is 0 Å². The molecule has 0 spiro atoms. The minimum absolute atomic E-state index is 0.00105. The third-order valence-electron chi connectivity index (χ3n) is 7.24. The molecule has 13 heteroatoms. The minimum atomic E-state index is -4.06. The lowest BCUT2D eigenvalue weighted by Gasteiger charge is -2.32. The maximum atomic E-state index is 14.4. The van der Waals surface area contributed by atoms with Crippen LogP contribution in [-0.4, -0.2) is 78.2 Å². The molecule has 3 aromatic rings. The van der Waals surface area contributed by atoms with Crippen molar-refractivity contribution in [1.29, 1.82) is 0 Å². The quantitative estimate of drug-likeness (QED) is 0.199. The third kappa shape index (κ3) is 8.17. The molecule has 4 N–H and O–H groups in total. The van der Waals surface area contributed by atoms with Gasteiger partial charge in [0.15, 0.2) is 6.10 Å². The smallest absolute Gasteiger partial charge is 0.414 e. The maximum absolute atomic E-state index is 14.4. The molecule has 0 bridgehead atoms. The van der Waals surface area contributed by atoms with Crippen LogP contribution in [0.2, 0.25) is 0 Å². The first kappa shape index (κ1) is 33.4. The van der Waals surface area contributed by atoms with E-state index in [0.717, 1.165) is 22.6 Å². The predicted molar refractivity (Wildman–Crippen MR) is 159 cm³/mol. The number of hydrogen-bond donors (Lipinski definition) is 4. The van der Waals surface area contributed by atoms with Crippen LogP contribution in [0.5, 0.6) is 0 Å². The van der Waals surface area contributed by atoms with E-state index in [-0.39, 0.29) is 49.2 Å². The molecular formula is C31H37F2N3O7S. The van der Waals surface area contributed by atoms with Crippen LogP contribution in [-0.2, 0) is 27.8 Å². The van der Waals surface area contributed by atoms with Gasteiger partial charge < -0.3 is 20.1 Å². The van der Waals surface area contributed by atoms with Crippen molar-refractivity contribution in [2.75, 3.05) is 24.5 Å². The van der Waals surface area contributed by atoms with E-state index in [2.05, 4.69) is 5.32 Å². The first-order chi connectivity index (χ1) is 20.9. The number of carbonyl (C=O) groups excluding carboxylic acids is 1. The van der Waals surface area contributed by atoms with Crippen LogP contribution in [0, 0.1) is 17.6 Å². The number of cyclic esters (lactones) is 1. The topological polar surface area (TPSA) is 140 Å². The molecule has 238 valence electrons. The van der Waals surface area contributed by atoms with Crippen LogP contribution in [0.15, 0.2) is 77.7 Å². The highest BCUT2D eigenvalue weighted by Crippen LogP contribution is 2.27. The Hall–Kier alpha value is -3.46. The van der Waals surface area contributed by atoms with Crippen LogP contribution in [0.4, 0.5) is 19.3 Å². The summed E-state index contributed by atoms with van der Waals surface area (Å²) < 4.78 is 61.5. The van der Waals surface area contributed by atoms with Crippen LogP contribution >= 0.6 is 0 Å². The van der Waals surface area contributed by atoms with Gasteiger partial charge in [-0.2, -0.15) is 4.31 Å². The van der Waals surface area contributed by atoms with E-state index in [4.69, 9.17) is 4.74 Å². The number of ether oxygens (including phenoxy) is 1. The van der Waals surface area contributed by atoms with Gasteiger partial charge >= 0.3 is 6.09 Å². The molecule has 0 radical (unpaired) electrons. The summed E-state index contributed by atoms with van der Waals surface area (Å²) in [6.45, 7) is 2.96. The van der Waals surface area contributed by atoms with Crippen molar-refractivity contribution in [3.63, 3.8) is 0 Å². The lowest BCUT2D eigenvalue weighted by molar-refractivity contribution is -0.0119. The highest BCUT2D eigenvalue weighted by atomic mass is 32.2. The molecule has 1 saturated heterocycles. The SMILES string of the molecule is CC(C)CN(C[C@@H](O)[C@H](Cc1ccccc1)NC(O)[C@@H]1CN(c2ccc(F)cc2F)C(=O)O1)S(=O)(=O)c1ccc(CO)cc1. The predicted octanol–water partition coefficient (Wildman–Crippen LogP) is 3.01. The molecule has 1 heterocycles. The molecule has 1 amide bonds. The molecule has 4 atom stereocenters. The average molecular weight is 634 g/mol. The van der Waals surface area contributed by atoms with Crippen molar-refractivity contribution in [2.24, 2.45) is 5.92 Å². The summed E-state index contributed by atoms with van der Waals surface area (Å²) in [6.07, 6.45) is -4.81.